The van der Waals surface area contributed by atoms with E-state index in [0.717, 1.165) is 51.1 Å². The highest BCUT2D eigenvalue weighted by Gasteiger charge is 2.25. The highest BCUT2D eigenvalue weighted by Crippen LogP contribution is 2.24. The lowest BCUT2D eigenvalue weighted by Gasteiger charge is -2.28. The smallest absolute Gasteiger partial charge is 0.267 e. The first-order valence-electron chi connectivity index (χ1n) is 6.34. The molecular formula is C12H19N3O2. The molecule has 0 radical (unpaired) electrons. The van der Waals surface area contributed by atoms with Crippen LogP contribution in [-0.4, -0.2) is 41.5 Å². The van der Waals surface area contributed by atoms with Crippen molar-refractivity contribution in [1.29, 1.82) is 0 Å². The first kappa shape index (κ1) is 11.0. The molecule has 1 saturated heterocycles. The lowest BCUT2D eigenvalue weighted by molar-refractivity contribution is 0.0644. The Balaban J connectivity index is 1.96. The van der Waals surface area contributed by atoms with E-state index in [4.69, 9.17) is 4.74 Å². The first-order chi connectivity index (χ1) is 8.25. The Kier molecular flexibility index (Phi) is 2.80. The Bertz CT molecular complexity index is 457. The van der Waals surface area contributed by atoms with Crippen molar-refractivity contribution in [1.82, 2.24) is 14.7 Å². The summed E-state index contributed by atoms with van der Waals surface area (Å²) in [6, 6.07) is 0.409. The maximum absolute atomic E-state index is 11.9. The molecule has 0 atom stereocenters. The quantitative estimate of drug-likeness (QED) is 0.774. The van der Waals surface area contributed by atoms with Crippen molar-refractivity contribution < 1.29 is 4.74 Å². The Morgan fingerprint density at radius 3 is 2.88 bits per heavy atom. The number of aromatic nitrogens is 2. The van der Waals surface area contributed by atoms with Crippen molar-refractivity contribution in [3.8, 4) is 0 Å². The van der Waals surface area contributed by atoms with E-state index in [1.54, 1.807) is 0 Å². The number of nitrogens with zero attached hydrogens (tertiary/aromatic N) is 2. The van der Waals surface area contributed by atoms with Gasteiger partial charge in [0.2, 0.25) is 0 Å². The fourth-order valence-corrected chi connectivity index (χ4v) is 2.84. The highest BCUT2D eigenvalue weighted by atomic mass is 16.5. The van der Waals surface area contributed by atoms with Crippen LogP contribution in [0.4, 0.5) is 0 Å². The maximum atomic E-state index is 11.9. The minimum Gasteiger partial charge on any atom is -0.381 e. The van der Waals surface area contributed by atoms with Crippen LogP contribution in [0.2, 0.25) is 0 Å². The number of rotatable bonds is 1. The summed E-state index contributed by atoms with van der Waals surface area (Å²) in [4.78, 5) is 14.2. The fourth-order valence-electron chi connectivity index (χ4n) is 2.84. The molecule has 5 nitrogen and oxygen atoms in total. The van der Waals surface area contributed by atoms with Gasteiger partial charge in [-0.3, -0.25) is 14.6 Å². The summed E-state index contributed by atoms with van der Waals surface area (Å²) in [5, 5.41) is 3.02. The monoisotopic (exact) mass is 237 g/mol. The van der Waals surface area contributed by atoms with Crippen LogP contribution in [0.3, 0.4) is 0 Å². The van der Waals surface area contributed by atoms with Crippen LogP contribution >= 0.6 is 0 Å². The Morgan fingerprint density at radius 2 is 2.12 bits per heavy atom. The zero-order valence-corrected chi connectivity index (χ0v) is 10.2. The standard InChI is InChI=1S/C12H19N3O2/c1-14-5-2-10-11(8-14)15(13-12(10)16)9-3-6-17-7-4-9/h9H,2-8H2,1H3,(H,13,16). The van der Waals surface area contributed by atoms with E-state index in [0.29, 0.717) is 6.04 Å². The second kappa shape index (κ2) is 4.31. The highest BCUT2D eigenvalue weighted by molar-refractivity contribution is 5.21. The summed E-state index contributed by atoms with van der Waals surface area (Å²) in [6.45, 7) is 3.46. The van der Waals surface area contributed by atoms with Crippen LogP contribution in [0.15, 0.2) is 4.79 Å². The van der Waals surface area contributed by atoms with Gasteiger partial charge in [0.1, 0.15) is 0 Å². The van der Waals surface area contributed by atoms with Gasteiger partial charge in [0.05, 0.1) is 11.7 Å². The summed E-state index contributed by atoms with van der Waals surface area (Å²) in [6.07, 6.45) is 2.87. The average Bonchev–Trinajstić information content (AvgIpc) is 2.67. The molecule has 0 bridgehead atoms. The van der Waals surface area contributed by atoms with Gasteiger partial charge in [-0.15, -0.1) is 0 Å². The van der Waals surface area contributed by atoms with Gasteiger partial charge in [-0.1, -0.05) is 0 Å². The molecule has 0 amide bonds. The van der Waals surface area contributed by atoms with E-state index in [9.17, 15) is 4.79 Å². The molecule has 3 heterocycles. The largest absolute Gasteiger partial charge is 0.381 e. The molecule has 0 aliphatic carbocycles. The molecule has 2 aliphatic rings. The molecule has 0 saturated carbocycles. The molecule has 1 fully saturated rings. The van der Waals surface area contributed by atoms with Gasteiger partial charge in [0, 0.05) is 31.9 Å². The van der Waals surface area contributed by atoms with Gasteiger partial charge in [-0.25, -0.2) is 0 Å². The number of hydrogen-bond acceptors (Lipinski definition) is 3. The first-order valence-corrected chi connectivity index (χ1v) is 6.34. The van der Waals surface area contributed by atoms with Crippen molar-refractivity contribution in [2.45, 2.75) is 31.8 Å². The predicted octanol–water partition coefficient (Wildman–Crippen LogP) is 0.516. The average molecular weight is 237 g/mol. The SMILES string of the molecule is CN1CCc2c(n(C3CCOCC3)[nH]c2=O)C1. The van der Waals surface area contributed by atoms with Gasteiger partial charge in [0.15, 0.2) is 0 Å². The van der Waals surface area contributed by atoms with E-state index in [1.807, 2.05) is 0 Å². The second-order valence-electron chi connectivity index (χ2n) is 5.07. The second-order valence-corrected chi connectivity index (χ2v) is 5.07. The third-order valence-corrected chi connectivity index (χ3v) is 3.85. The zero-order chi connectivity index (χ0) is 11.8. The van der Waals surface area contributed by atoms with E-state index in [2.05, 4.69) is 21.7 Å². The van der Waals surface area contributed by atoms with Gasteiger partial charge in [0.25, 0.3) is 5.56 Å². The van der Waals surface area contributed by atoms with Crippen molar-refractivity contribution in [3.05, 3.63) is 21.6 Å². The fraction of sp³-hybridized carbons (Fsp3) is 0.750. The molecule has 5 heteroatoms. The maximum Gasteiger partial charge on any atom is 0.267 e. The van der Waals surface area contributed by atoms with Crippen LogP contribution in [0.5, 0.6) is 0 Å². The summed E-state index contributed by atoms with van der Waals surface area (Å²) in [5.74, 6) is 0. The van der Waals surface area contributed by atoms with Crippen molar-refractivity contribution in [2.75, 3.05) is 26.8 Å². The van der Waals surface area contributed by atoms with Gasteiger partial charge < -0.3 is 9.64 Å². The van der Waals surface area contributed by atoms with E-state index in [1.165, 1.54) is 5.69 Å². The van der Waals surface area contributed by atoms with E-state index < -0.39 is 0 Å². The molecule has 3 rings (SSSR count). The molecule has 17 heavy (non-hydrogen) atoms. The summed E-state index contributed by atoms with van der Waals surface area (Å²) < 4.78 is 7.48. The minimum absolute atomic E-state index is 0.111. The van der Waals surface area contributed by atoms with Crippen molar-refractivity contribution in [2.24, 2.45) is 0 Å². The van der Waals surface area contributed by atoms with Crippen molar-refractivity contribution in [3.63, 3.8) is 0 Å². The van der Waals surface area contributed by atoms with Crippen LogP contribution < -0.4 is 5.56 Å². The summed E-state index contributed by atoms with van der Waals surface area (Å²) >= 11 is 0. The number of nitrogens with one attached hydrogen (secondary N) is 1. The molecule has 1 aromatic rings. The number of likely N-dealkylation sites (N-methyl/N-ethyl adjacent to an activating group) is 1. The molecule has 0 spiro atoms. The van der Waals surface area contributed by atoms with E-state index in [-0.39, 0.29) is 5.56 Å². The zero-order valence-electron chi connectivity index (χ0n) is 10.2. The van der Waals surface area contributed by atoms with Crippen LogP contribution in [0.1, 0.15) is 30.1 Å². The van der Waals surface area contributed by atoms with Gasteiger partial charge in [-0.2, -0.15) is 0 Å². The normalized spacial score (nSPS) is 22.6. The Morgan fingerprint density at radius 1 is 1.35 bits per heavy atom. The lowest BCUT2D eigenvalue weighted by atomic mass is 10.1. The Labute approximate surface area is 100 Å². The van der Waals surface area contributed by atoms with Crippen molar-refractivity contribution >= 4 is 0 Å². The lowest BCUT2D eigenvalue weighted by Crippen LogP contribution is -2.30. The molecule has 0 aromatic carbocycles. The summed E-state index contributed by atoms with van der Waals surface area (Å²) in [7, 11) is 2.11. The number of ether oxygens (including phenoxy) is 1. The van der Waals surface area contributed by atoms with Crippen LogP contribution in [0.25, 0.3) is 0 Å². The molecule has 1 aromatic heterocycles. The molecular weight excluding hydrogens is 218 g/mol. The molecule has 1 N–H and O–H groups in total. The summed E-state index contributed by atoms with van der Waals surface area (Å²) in [5.41, 5.74) is 2.30. The van der Waals surface area contributed by atoms with Gasteiger partial charge >= 0.3 is 0 Å². The predicted molar refractivity (Wildman–Crippen MR) is 64.2 cm³/mol. The number of hydrogen-bond donors (Lipinski definition) is 1. The topological polar surface area (TPSA) is 50.3 Å². The van der Waals surface area contributed by atoms with Crippen LogP contribution in [-0.2, 0) is 17.7 Å². The Hall–Kier alpha value is -1.07. The number of aromatic amines is 1. The molecule has 2 aliphatic heterocycles. The number of fused-ring (bicyclic) bond motifs is 1. The van der Waals surface area contributed by atoms with Gasteiger partial charge in [-0.05, 0) is 26.3 Å². The van der Waals surface area contributed by atoms with E-state index >= 15 is 0 Å². The van der Waals surface area contributed by atoms with Crippen LogP contribution in [0, 0.1) is 0 Å². The molecule has 94 valence electrons. The third kappa shape index (κ3) is 1.93. The number of H-pyrrole nitrogens is 1. The third-order valence-electron chi connectivity index (χ3n) is 3.85. The minimum atomic E-state index is 0.111. The molecule has 0 unspecified atom stereocenters.